The van der Waals surface area contributed by atoms with Crippen LogP contribution in [0.5, 0.6) is 5.75 Å². The molecule has 2 aliphatic rings. The Bertz CT molecular complexity index is 1410. The molecule has 1 unspecified atom stereocenters. The summed E-state index contributed by atoms with van der Waals surface area (Å²) in [6.45, 7) is 2.11. The van der Waals surface area contributed by atoms with Crippen molar-refractivity contribution in [3.05, 3.63) is 72.7 Å². The number of nitrogen functional groups attached to an aromatic ring is 1. The molecule has 2 fully saturated rings. The summed E-state index contributed by atoms with van der Waals surface area (Å²) in [6, 6.07) is 18.1. The van der Waals surface area contributed by atoms with Crippen LogP contribution in [0.4, 0.5) is 10.6 Å². The van der Waals surface area contributed by atoms with Gasteiger partial charge in [0.15, 0.2) is 0 Å². The lowest BCUT2D eigenvalue weighted by Crippen LogP contribution is -2.48. The molecule has 1 saturated heterocycles. The molecule has 4 aromatic rings. The number of aromatic nitrogens is 3. The SMILES string of the molecule is Nc1ncnc2c1c(-c1cccc(OCc3ccccc3)c1)cn2C(NC(=O)N1CCCCC1)C1CCC1. The van der Waals surface area contributed by atoms with Gasteiger partial charge in [-0.3, -0.25) is 0 Å². The molecule has 3 N–H and O–H groups in total. The number of piperidine rings is 1. The Hall–Kier alpha value is -4.07. The highest BCUT2D eigenvalue weighted by Crippen LogP contribution is 2.40. The molecule has 2 amide bonds. The maximum atomic E-state index is 13.3. The third-order valence-electron chi connectivity index (χ3n) is 7.84. The molecular formula is C30H34N6O2. The number of anilines is 1. The van der Waals surface area contributed by atoms with Gasteiger partial charge in [0.05, 0.1) is 5.39 Å². The van der Waals surface area contributed by atoms with Gasteiger partial charge in [0.2, 0.25) is 0 Å². The monoisotopic (exact) mass is 510 g/mol. The van der Waals surface area contributed by atoms with Gasteiger partial charge in [0.25, 0.3) is 0 Å². The van der Waals surface area contributed by atoms with E-state index in [0.29, 0.717) is 18.3 Å². The Balaban J connectivity index is 1.34. The molecule has 0 radical (unpaired) electrons. The molecule has 3 heterocycles. The van der Waals surface area contributed by atoms with Crippen LogP contribution in [-0.4, -0.2) is 38.6 Å². The largest absolute Gasteiger partial charge is 0.489 e. The zero-order chi connectivity index (χ0) is 25.9. The molecule has 2 aromatic heterocycles. The van der Waals surface area contributed by atoms with E-state index in [1.54, 1.807) is 0 Å². The average molecular weight is 511 g/mol. The van der Waals surface area contributed by atoms with Gasteiger partial charge in [-0.05, 0) is 61.3 Å². The van der Waals surface area contributed by atoms with E-state index in [9.17, 15) is 4.79 Å². The second-order valence-electron chi connectivity index (χ2n) is 10.3. The van der Waals surface area contributed by atoms with Crippen molar-refractivity contribution in [1.29, 1.82) is 0 Å². The second-order valence-corrected chi connectivity index (χ2v) is 10.3. The number of ether oxygens (including phenoxy) is 1. The molecule has 1 aliphatic carbocycles. The Morgan fingerprint density at radius 3 is 2.61 bits per heavy atom. The summed E-state index contributed by atoms with van der Waals surface area (Å²) in [7, 11) is 0. The molecule has 2 aromatic carbocycles. The van der Waals surface area contributed by atoms with Crippen molar-refractivity contribution in [2.45, 2.75) is 51.3 Å². The predicted molar refractivity (Wildman–Crippen MR) is 148 cm³/mol. The lowest BCUT2D eigenvalue weighted by Gasteiger charge is -2.37. The number of rotatable bonds is 7. The highest BCUT2D eigenvalue weighted by molar-refractivity contribution is 6.00. The third-order valence-corrected chi connectivity index (χ3v) is 7.84. The van der Waals surface area contributed by atoms with Crippen molar-refractivity contribution in [3.63, 3.8) is 0 Å². The number of hydrogen-bond donors (Lipinski definition) is 2. The fraction of sp³-hybridized carbons (Fsp3) is 0.367. The number of hydrogen-bond acceptors (Lipinski definition) is 5. The van der Waals surface area contributed by atoms with Crippen molar-refractivity contribution in [3.8, 4) is 16.9 Å². The number of urea groups is 1. The fourth-order valence-electron chi connectivity index (χ4n) is 5.52. The maximum absolute atomic E-state index is 13.3. The van der Waals surface area contributed by atoms with Gasteiger partial charge in [-0.1, -0.05) is 48.9 Å². The van der Waals surface area contributed by atoms with Crippen LogP contribution in [0, 0.1) is 5.92 Å². The number of nitrogens with zero attached hydrogens (tertiary/aromatic N) is 4. The van der Waals surface area contributed by atoms with Crippen molar-refractivity contribution in [2.75, 3.05) is 18.8 Å². The summed E-state index contributed by atoms with van der Waals surface area (Å²) in [6.07, 6.45) is 10.0. The molecule has 6 rings (SSSR count). The van der Waals surface area contributed by atoms with Crippen molar-refractivity contribution >= 4 is 22.9 Å². The van der Waals surface area contributed by atoms with Gasteiger partial charge in [0, 0.05) is 24.8 Å². The normalized spacial score (nSPS) is 16.7. The lowest BCUT2D eigenvalue weighted by molar-refractivity contribution is 0.147. The Morgan fingerprint density at radius 1 is 1.03 bits per heavy atom. The number of fused-ring (bicyclic) bond motifs is 1. The molecule has 8 nitrogen and oxygen atoms in total. The van der Waals surface area contributed by atoms with E-state index in [0.717, 1.165) is 72.2 Å². The Morgan fingerprint density at radius 2 is 1.84 bits per heavy atom. The lowest BCUT2D eigenvalue weighted by atomic mass is 9.82. The van der Waals surface area contributed by atoms with Crippen molar-refractivity contribution in [1.82, 2.24) is 24.8 Å². The summed E-state index contributed by atoms with van der Waals surface area (Å²) in [5, 5.41) is 4.15. The van der Waals surface area contributed by atoms with Crippen LogP contribution in [0.1, 0.15) is 50.3 Å². The van der Waals surface area contributed by atoms with E-state index in [4.69, 9.17) is 10.5 Å². The summed E-state index contributed by atoms with van der Waals surface area (Å²) < 4.78 is 8.21. The Labute approximate surface area is 222 Å². The number of benzene rings is 2. The van der Waals surface area contributed by atoms with E-state index in [-0.39, 0.29) is 12.2 Å². The molecule has 0 spiro atoms. The first-order chi connectivity index (χ1) is 18.7. The number of nitrogens with two attached hydrogens (primary N) is 1. The first-order valence-corrected chi connectivity index (χ1v) is 13.6. The zero-order valence-electron chi connectivity index (χ0n) is 21.6. The van der Waals surface area contributed by atoms with E-state index in [1.165, 1.54) is 19.2 Å². The van der Waals surface area contributed by atoms with Crippen molar-refractivity contribution in [2.24, 2.45) is 5.92 Å². The van der Waals surface area contributed by atoms with Gasteiger partial charge in [-0.25, -0.2) is 14.8 Å². The minimum absolute atomic E-state index is 0.00309. The first kappa shape index (κ1) is 24.3. The standard InChI is InChI=1S/C30H34N6O2/c31-27-26-25(23-13-8-14-24(17-23)38-19-21-9-3-1-4-10-21)18-36(29(26)33-20-32-27)28(22-11-7-12-22)34-30(37)35-15-5-2-6-16-35/h1,3-4,8-10,13-14,17-18,20,22,28H,2,5-7,11-12,15-16,19H2,(H,34,37)(H2,31,32,33). The zero-order valence-corrected chi connectivity index (χ0v) is 21.6. The van der Waals surface area contributed by atoms with Gasteiger partial charge in [0.1, 0.15) is 36.3 Å². The van der Waals surface area contributed by atoms with Crippen LogP contribution in [-0.2, 0) is 6.61 Å². The van der Waals surface area contributed by atoms with E-state index in [2.05, 4.69) is 26.0 Å². The summed E-state index contributed by atoms with van der Waals surface area (Å²) in [4.78, 5) is 24.2. The number of likely N-dealkylation sites (tertiary alicyclic amines) is 1. The van der Waals surface area contributed by atoms with Crippen LogP contribution < -0.4 is 15.8 Å². The molecule has 1 aliphatic heterocycles. The smallest absolute Gasteiger partial charge is 0.319 e. The van der Waals surface area contributed by atoms with Crippen LogP contribution >= 0.6 is 0 Å². The topological polar surface area (TPSA) is 98.3 Å². The summed E-state index contributed by atoms with van der Waals surface area (Å²) >= 11 is 0. The van der Waals surface area contributed by atoms with Crippen LogP contribution in [0.25, 0.3) is 22.2 Å². The summed E-state index contributed by atoms with van der Waals surface area (Å²) in [5.74, 6) is 1.55. The number of carbonyl (C=O) groups excluding carboxylic acids is 1. The molecule has 0 bridgehead atoms. The van der Waals surface area contributed by atoms with Gasteiger partial charge in [-0.15, -0.1) is 0 Å². The van der Waals surface area contributed by atoms with Gasteiger partial charge >= 0.3 is 6.03 Å². The number of carbonyl (C=O) groups is 1. The molecule has 8 heteroatoms. The minimum atomic E-state index is -0.193. The highest BCUT2D eigenvalue weighted by Gasteiger charge is 2.33. The minimum Gasteiger partial charge on any atom is -0.489 e. The van der Waals surface area contributed by atoms with Gasteiger partial charge < -0.3 is 25.3 Å². The van der Waals surface area contributed by atoms with Crippen LogP contribution in [0.15, 0.2) is 67.1 Å². The third kappa shape index (κ3) is 4.90. The van der Waals surface area contributed by atoms with Crippen LogP contribution in [0.3, 0.4) is 0 Å². The molecular weight excluding hydrogens is 476 g/mol. The average Bonchev–Trinajstić information content (AvgIpc) is 3.33. The van der Waals surface area contributed by atoms with Crippen LogP contribution in [0.2, 0.25) is 0 Å². The molecule has 38 heavy (non-hydrogen) atoms. The molecule has 196 valence electrons. The number of amides is 2. The maximum Gasteiger partial charge on any atom is 0.319 e. The quantitative estimate of drug-likeness (QED) is 0.330. The summed E-state index contributed by atoms with van der Waals surface area (Å²) in [5.41, 5.74) is 10.2. The Kier molecular flexibility index (Phi) is 6.86. The number of nitrogens with one attached hydrogen (secondary N) is 1. The van der Waals surface area contributed by atoms with E-state index >= 15 is 0 Å². The first-order valence-electron chi connectivity index (χ1n) is 13.6. The molecule has 1 atom stereocenters. The molecule has 1 saturated carbocycles. The van der Waals surface area contributed by atoms with Crippen molar-refractivity contribution < 1.29 is 9.53 Å². The predicted octanol–water partition coefficient (Wildman–Crippen LogP) is 5.75. The van der Waals surface area contributed by atoms with E-state index < -0.39 is 0 Å². The highest BCUT2D eigenvalue weighted by atomic mass is 16.5. The second kappa shape index (κ2) is 10.7. The van der Waals surface area contributed by atoms with Gasteiger partial charge in [-0.2, -0.15) is 0 Å². The fourth-order valence-corrected chi connectivity index (χ4v) is 5.52. The van der Waals surface area contributed by atoms with E-state index in [1.807, 2.05) is 59.5 Å².